The monoisotopic (exact) mass is 242 g/mol. The predicted molar refractivity (Wildman–Crippen MR) is 67.4 cm³/mol. The van der Waals surface area contributed by atoms with E-state index in [1.165, 1.54) is 19.3 Å². The first-order valence-electron chi connectivity index (χ1n) is 5.66. The minimum absolute atomic E-state index is 0. The van der Waals surface area contributed by atoms with Crippen LogP contribution in [-0.4, -0.2) is 10.1 Å². The number of aromatic nitrogens is 1. The Labute approximate surface area is 102 Å². The molecule has 1 aliphatic rings. The van der Waals surface area contributed by atoms with Crippen molar-refractivity contribution in [3.63, 3.8) is 0 Å². The van der Waals surface area contributed by atoms with Crippen molar-refractivity contribution in [1.29, 1.82) is 0 Å². The third-order valence-corrected chi connectivity index (χ3v) is 3.30. The number of nitrogens with zero attached hydrogens (tertiary/aromatic N) is 1. The molecule has 0 aliphatic heterocycles. The Morgan fingerprint density at radius 1 is 1.31 bits per heavy atom. The summed E-state index contributed by atoms with van der Waals surface area (Å²) in [7, 11) is 0. The van der Waals surface area contributed by atoms with E-state index in [-0.39, 0.29) is 12.4 Å². The summed E-state index contributed by atoms with van der Waals surface area (Å²) in [6, 6.07) is 1.75. The molecule has 0 saturated heterocycles. The van der Waals surface area contributed by atoms with Gasteiger partial charge in [-0.3, -0.25) is 4.98 Å². The molecule has 1 aromatic heterocycles. The van der Waals surface area contributed by atoms with Crippen molar-refractivity contribution < 1.29 is 5.11 Å². The Balaban J connectivity index is 0.00000128. The summed E-state index contributed by atoms with van der Waals surface area (Å²) in [5, 5.41) is 10.2. The molecule has 1 aliphatic carbocycles. The molecule has 1 saturated carbocycles. The molecule has 2 rings (SSSR count). The third kappa shape index (κ3) is 2.86. The van der Waals surface area contributed by atoms with Crippen LogP contribution in [-0.2, 0) is 0 Å². The standard InChI is InChI=1S/C12H18N2O.ClH/c13-11-6-7-14-8-10(11)12(15)9-4-2-1-3-5-9;/h6-9,12,15H,1-5H2,(H2,13,14);1H. The van der Waals surface area contributed by atoms with Crippen molar-refractivity contribution >= 4 is 18.1 Å². The highest BCUT2D eigenvalue weighted by atomic mass is 35.5. The number of hydrogen-bond acceptors (Lipinski definition) is 3. The number of halogens is 1. The topological polar surface area (TPSA) is 59.1 Å². The third-order valence-electron chi connectivity index (χ3n) is 3.30. The van der Waals surface area contributed by atoms with E-state index in [2.05, 4.69) is 4.98 Å². The number of nitrogens with two attached hydrogens (primary N) is 1. The average molecular weight is 243 g/mol. The van der Waals surface area contributed by atoms with Gasteiger partial charge in [0.1, 0.15) is 0 Å². The van der Waals surface area contributed by atoms with Crippen LogP contribution in [0.5, 0.6) is 0 Å². The van der Waals surface area contributed by atoms with Crippen molar-refractivity contribution in [2.45, 2.75) is 38.2 Å². The van der Waals surface area contributed by atoms with E-state index in [0.717, 1.165) is 18.4 Å². The van der Waals surface area contributed by atoms with E-state index in [0.29, 0.717) is 11.6 Å². The van der Waals surface area contributed by atoms with Crippen LogP contribution in [0.3, 0.4) is 0 Å². The van der Waals surface area contributed by atoms with Gasteiger partial charge in [0, 0.05) is 23.6 Å². The van der Waals surface area contributed by atoms with Gasteiger partial charge in [0.2, 0.25) is 0 Å². The zero-order valence-corrected chi connectivity index (χ0v) is 10.1. The van der Waals surface area contributed by atoms with E-state index in [4.69, 9.17) is 5.73 Å². The smallest absolute Gasteiger partial charge is 0.0853 e. The number of aliphatic hydroxyl groups is 1. The lowest BCUT2D eigenvalue weighted by atomic mass is 9.83. The first-order valence-corrected chi connectivity index (χ1v) is 5.66. The molecule has 4 heteroatoms. The quantitative estimate of drug-likeness (QED) is 0.838. The Hall–Kier alpha value is -0.800. The second kappa shape index (κ2) is 6.06. The summed E-state index contributed by atoms with van der Waals surface area (Å²) >= 11 is 0. The van der Waals surface area contributed by atoms with Gasteiger partial charge < -0.3 is 10.8 Å². The van der Waals surface area contributed by atoms with E-state index >= 15 is 0 Å². The molecule has 1 heterocycles. The lowest BCUT2D eigenvalue weighted by Crippen LogP contribution is -2.17. The Bertz CT molecular complexity index is 327. The Kier molecular flexibility index (Phi) is 5.03. The molecule has 1 aromatic rings. The highest BCUT2D eigenvalue weighted by Gasteiger charge is 2.24. The summed E-state index contributed by atoms with van der Waals surface area (Å²) in [5.41, 5.74) is 7.28. The molecule has 0 radical (unpaired) electrons. The van der Waals surface area contributed by atoms with Gasteiger partial charge in [-0.2, -0.15) is 0 Å². The van der Waals surface area contributed by atoms with Crippen LogP contribution < -0.4 is 5.73 Å². The van der Waals surface area contributed by atoms with E-state index in [9.17, 15) is 5.11 Å². The Morgan fingerprint density at radius 2 is 2.00 bits per heavy atom. The molecular weight excluding hydrogens is 224 g/mol. The summed E-state index contributed by atoms with van der Waals surface area (Å²) in [6.07, 6.45) is 8.88. The molecular formula is C12H19ClN2O. The number of nitrogen functional groups attached to an aromatic ring is 1. The molecule has 0 amide bonds. The molecule has 1 fully saturated rings. The van der Waals surface area contributed by atoms with E-state index in [1.54, 1.807) is 18.5 Å². The van der Waals surface area contributed by atoms with Crippen LogP contribution in [0.15, 0.2) is 18.5 Å². The van der Waals surface area contributed by atoms with Crippen molar-refractivity contribution in [2.24, 2.45) is 5.92 Å². The molecule has 3 nitrogen and oxygen atoms in total. The summed E-state index contributed by atoms with van der Waals surface area (Å²) in [6.45, 7) is 0. The number of rotatable bonds is 2. The minimum Gasteiger partial charge on any atom is -0.398 e. The highest BCUT2D eigenvalue weighted by molar-refractivity contribution is 5.85. The fourth-order valence-corrected chi connectivity index (χ4v) is 2.37. The van der Waals surface area contributed by atoms with Gasteiger partial charge in [0.05, 0.1) is 6.10 Å². The second-order valence-corrected chi connectivity index (χ2v) is 4.35. The normalized spacial score (nSPS) is 18.8. The Morgan fingerprint density at radius 3 is 2.62 bits per heavy atom. The molecule has 16 heavy (non-hydrogen) atoms. The summed E-state index contributed by atoms with van der Waals surface area (Å²) in [5.74, 6) is 0.366. The molecule has 3 N–H and O–H groups in total. The number of aliphatic hydroxyl groups excluding tert-OH is 1. The van der Waals surface area contributed by atoms with Crippen LogP contribution in [0.1, 0.15) is 43.8 Å². The van der Waals surface area contributed by atoms with Gasteiger partial charge in [-0.1, -0.05) is 19.3 Å². The maximum Gasteiger partial charge on any atom is 0.0853 e. The maximum atomic E-state index is 10.2. The van der Waals surface area contributed by atoms with Gasteiger partial charge in [0.15, 0.2) is 0 Å². The number of pyridine rings is 1. The predicted octanol–water partition coefficient (Wildman–Crippen LogP) is 2.70. The van der Waals surface area contributed by atoms with E-state index < -0.39 is 6.10 Å². The van der Waals surface area contributed by atoms with Crippen molar-refractivity contribution in [3.8, 4) is 0 Å². The molecule has 0 aromatic carbocycles. The second-order valence-electron chi connectivity index (χ2n) is 4.35. The van der Waals surface area contributed by atoms with Gasteiger partial charge in [-0.05, 0) is 24.8 Å². The fourth-order valence-electron chi connectivity index (χ4n) is 2.37. The number of hydrogen-bond donors (Lipinski definition) is 2. The molecule has 0 bridgehead atoms. The average Bonchev–Trinajstić information content (AvgIpc) is 2.30. The maximum absolute atomic E-state index is 10.2. The zero-order valence-electron chi connectivity index (χ0n) is 9.30. The molecule has 1 atom stereocenters. The highest BCUT2D eigenvalue weighted by Crippen LogP contribution is 2.35. The molecule has 1 unspecified atom stereocenters. The van der Waals surface area contributed by atoms with Crippen LogP contribution >= 0.6 is 12.4 Å². The first kappa shape index (κ1) is 13.3. The SMILES string of the molecule is Cl.Nc1ccncc1C(O)C1CCCCC1. The van der Waals surface area contributed by atoms with Crippen molar-refractivity contribution in [3.05, 3.63) is 24.0 Å². The molecule has 0 spiro atoms. The lowest BCUT2D eigenvalue weighted by Gasteiger charge is -2.27. The number of anilines is 1. The zero-order chi connectivity index (χ0) is 10.7. The van der Waals surface area contributed by atoms with Crippen molar-refractivity contribution in [1.82, 2.24) is 4.98 Å². The van der Waals surface area contributed by atoms with Gasteiger partial charge in [0.25, 0.3) is 0 Å². The van der Waals surface area contributed by atoms with Gasteiger partial charge in [-0.15, -0.1) is 12.4 Å². The molecule has 90 valence electrons. The van der Waals surface area contributed by atoms with Gasteiger partial charge in [-0.25, -0.2) is 0 Å². The minimum atomic E-state index is -0.431. The largest absolute Gasteiger partial charge is 0.398 e. The van der Waals surface area contributed by atoms with Crippen LogP contribution in [0.4, 0.5) is 5.69 Å². The van der Waals surface area contributed by atoms with Crippen LogP contribution in [0, 0.1) is 5.92 Å². The van der Waals surface area contributed by atoms with Gasteiger partial charge >= 0.3 is 0 Å². The lowest BCUT2D eigenvalue weighted by molar-refractivity contribution is 0.0852. The summed E-state index contributed by atoms with van der Waals surface area (Å²) < 4.78 is 0. The fraction of sp³-hybridized carbons (Fsp3) is 0.583. The van der Waals surface area contributed by atoms with Crippen LogP contribution in [0.25, 0.3) is 0 Å². The van der Waals surface area contributed by atoms with Crippen LogP contribution in [0.2, 0.25) is 0 Å². The van der Waals surface area contributed by atoms with E-state index in [1.807, 2.05) is 0 Å². The summed E-state index contributed by atoms with van der Waals surface area (Å²) in [4.78, 5) is 4.02. The van der Waals surface area contributed by atoms with Crippen molar-refractivity contribution in [2.75, 3.05) is 5.73 Å². The first-order chi connectivity index (χ1) is 7.29.